The Labute approximate surface area is 141 Å². The van der Waals surface area contributed by atoms with Crippen LogP contribution in [0.25, 0.3) is 0 Å². The quantitative estimate of drug-likeness (QED) is 0.725. The molecular formula is C16H24ClIN2. The maximum Gasteiger partial charge on any atom is 0.0506 e. The molecule has 1 heterocycles. The fraction of sp³-hybridized carbons (Fsp3) is 0.625. The van der Waals surface area contributed by atoms with Gasteiger partial charge >= 0.3 is 0 Å². The summed E-state index contributed by atoms with van der Waals surface area (Å²) in [5, 5.41) is 4.53. The lowest BCUT2D eigenvalue weighted by Gasteiger charge is -2.46. The highest BCUT2D eigenvalue weighted by Crippen LogP contribution is 2.32. The smallest absolute Gasteiger partial charge is 0.0506 e. The first kappa shape index (κ1) is 16.4. The molecule has 0 bridgehead atoms. The molecule has 1 aromatic carbocycles. The Morgan fingerprint density at radius 2 is 2.10 bits per heavy atom. The van der Waals surface area contributed by atoms with Gasteiger partial charge in [0.05, 0.1) is 5.69 Å². The van der Waals surface area contributed by atoms with Crippen molar-refractivity contribution in [3.05, 3.63) is 26.8 Å². The third kappa shape index (κ3) is 3.60. The van der Waals surface area contributed by atoms with Crippen molar-refractivity contribution in [3.8, 4) is 0 Å². The number of anilines is 1. The second kappa shape index (κ2) is 6.41. The van der Waals surface area contributed by atoms with Crippen LogP contribution >= 0.6 is 34.2 Å². The third-order valence-electron chi connectivity index (χ3n) is 4.16. The van der Waals surface area contributed by atoms with E-state index >= 15 is 0 Å². The van der Waals surface area contributed by atoms with E-state index in [2.05, 4.69) is 72.6 Å². The summed E-state index contributed by atoms with van der Waals surface area (Å²) in [4.78, 5) is 2.56. The van der Waals surface area contributed by atoms with Crippen LogP contribution in [0.15, 0.2) is 18.2 Å². The zero-order valence-electron chi connectivity index (χ0n) is 12.7. The molecule has 20 heavy (non-hydrogen) atoms. The highest BCUT2D eigenvalue weighted by atomic mass is 127. The van der Waals surface area contributed by atoms with Gasteiger partial charge in [0, 0.05) is 33.8 Å². The molecule has 2 rings (SSSR count). The van der Waals surface area contributed by atoms with Crippen molar-refractivity contribution >= 4 is 39.9 Å². The third-order valence-corrected chi connectivity index (χ3v) is 5.25. The minimum atomic E-state index is 0.273. The monoisotopic (exact) mass is 406 g/mol. The van der Waals surface area contributed by atoms with Crippen LogP contribution < -0.4 is 10.2 Å². The number of hydrogen-bond donors (Lipinski definition) is 1. The predicted octanol–water partition coefficient (Wildman–Crippen LogP) is 4.55. The molecule has 112 valence electrons. The van der Waals surface area contributed by atoms with E-state index in [1.54, 1.807) is 0 Å². The van der Waals surface area contributed by atoms with Crippen LogP contribution in [0.4, 0.5) is 5.69 Å². The largest absolute Gasteiger partial charge is 0.365 e. The maximum absolute atomic E-state index is 6.09. The summed E-state index contributed by atoms with van der Waals surface area (Å²) in [6, 6.07) is 7.29. The van der Waals surface area contributed by atoms with Gasteiger partial charge in [-0.1, -0.05) is 39.3 Å². The Kier molecular flexibility index (Phi) is 5.24. The van der Waals surface area contributed by atoms with Gasteiger partial charge in [-0.25, -0.2) is 0 Å². The van der Waals surface area contributed by atoms with Crippen LogP contribution in [0, 0.1) is 8.99 Å². The van der Waals surface area contributed by atoms with Crippen LogP contribution in [-0.4, -0.2) is 25.2 Å². The maximum atomic E-state index is 6.09. The summed E-state index contributed by atoms with van der Waals surface area (Å²) < 4.78 is 1.24. The van der Waals surface area contributed by atoms with Crippen molar-refractivity contribution in [1.82, 2.24) is 5.32 Å². The lowest BCUT2D eigenvalue weighted by Crippen LogP contribution is -2.60. The van der Waals surface area contributed by atoms with Gasteiger partial charge < -0.3 is 10.2 Å². The molecule has 4 heteroatoms. The summed E-state index contributed by atoms with van der Waals surface area (Å²) in [6.07, 6.45) is 1.16. The van der Waals surface area contributed by atoms with Crippen molar-refractivity contribution < 1.29 is 0 Å². The lowest BCUT2D eigenvalue weighted by atomic mass is 9.84. The normalized spacial score (nSPS) is 24.0. The minimum Gasteiger partial charge on any atom is -0.365 e. The summed E-state index contributed by atoms with van der Waals surface area (Å²) in [6.45, 7) is 11.3. The molecular weight excluding hydrogens is 383 g/mol. The minimum absolute atomic E-state index is 0.273. The Morgan fingerprint density at radius 1 is 1.40 bits per heavy atom. The Balaban J connectivity index is 2.29. The van der Waals surface area contributed by atoms with Gasteiger partial charge in [0.2, 0.25) is 0 Å². The molecule has 1 aromatic rings. The second-order valence-electron chi connectivity index (χ2n) is 6.64. The standard InChI is InChI=1S/C16H24ClIN2/c1-5-12-9-19-15(16(2,3)4)10-20(12)14-7-6-11(17)8-13(14)18/h6-8,12,15,19H,5,9-10H2,1-4H3. The second-order valence-corrected chi connectivity index (χ2v) is 8.24. The molecule has 1 aliphatic rings. The molecule has 1 saturated heterocycles. The van der Waals surface area contributed by atoms with E-state index in [1.807, 2.05) is 6.07 Å². The SMILES string of the molecule is CCC1CNC(C(C)(C)C)CN1c1ccc(Cl)cc1I. The van der Waals surface area contributed by atoms with Crippen molar-refractivity contribution in [2.45, 2.75) is 46.2 Å². The van der Waals surface area contributed by atoms with E-state index in [1.165, 1.54) is 9.26 Å². The van der Waals surface area contributed by atoms with E-state index in [9.17, 15) is 0 Å². The van der Waals surface area contributed by atoms with Gasteiger partial charge in [-0.2, -0.15) is 0 Å². The summed E-state index contributed by atoms with van der Waals surface area (Å²) in [5.41, 5.74) is 1.59. The Hall–Kier alpha value is -0.000000000000000111. The van der Waals surface area contributed by atoms with Gasteiger partial charge in [0.25, 0.3) is 0 Å². The number of halogens is 2. The highest BCUT2D eigenvalue weighted by Gasteiger charge is 2.34. The number of piperazine rings is 1. The molecule has 1 aliphatic heterocycles. The number of nitrogens with one attached hydrogen (secondary N) is 1. The van der Waals surface area contributed by atoms with Crippen LogP contribution in [0.1, 0.15) is 34.1 Å². The van der Waals surface area contributed by atoms with E-state index in [0.29, 0.717) is 12.1 Å². The van der Waals surface area contributed by atoms with Crippen LogP contribution in [0.5, 0.6) is 0 Å². The van der Waals surface area contributed by atoms with E-state index < -0.39 is 0 Å². The van der Waals surface area contributed by atoms with Gasteiger partial charge in [-0.3, -0.25) is 0 Å². The topological polar surface area (TPSA) is 15.3 Å². The molecule has 1 N–H and O–H groups in total. The van der Waals surface area contributed by atoms with Gasteiger partial charge in [-0.05, 0) is 52.6 Å². The first-order chi connectivity index (χ1) is 9.32. The highest BCUT2D eigenvalue weighted by molar-refractivity contribution is 14.1. The molecule has 0 radical (unpaired) electrons. The molecule has 0 aromatic heterocycles. The van der Waals surface area contributed by atoms with Crippen molar-refractivity contribution in [3.63, 3.8) is 0 Å². The molecule has 0 amide bonds. The summed E-state index contributed by atoms with van der Waals surface area (Å²) >= 11 is 8.49. The molecule has 0 spiro atoms. The van der Waals surface area contributed by atoms with Crippen LogP contribution in [-0.2, 0) is 0 Å². The van der Waals surface area contributed by atoms with Gasteiger partial charge in [0.1, 0.15) is 0 Å². The van der Waals surface area contributed by atoms with E-state index in [4.69, 9.17) is 11.6 Å². The molecule has 2 unspecified atom stereocenters. The summed E-state index contributed by atoms with van der Waals surface area (Å²) in [7, 11) is 0. The molecule has 2 atom stereocenters. The zero-order valence-corrected chi connectivity index (χ0v) is 15.6. The Bertz CT molecular complexity index is 470. The molecule has 2 nitrogen and oxygen atoms in total. The van der Waals surface area contributed by atoms with Crippen LogP contribution in [0.3, 0.4) is 0 Å². The Morgan fingerprint density at radius 3 is 2.65 bits per heavy atom. The predicted molar refractivity (Wildman–Crippen MR) is 96.8 cm³/mol. The van der Waals surface area contributed by atoms with Crippen molar-refractivity contribution in [2.24, 2.45) is 5.41 Å². The number of hydrogen-bond acceptors (Lipinski definition) is 2. The van der Waals surface area contributed by atoms with Crippen molar-refractivity contribution in [2.75, 3.05) is 18.0 Å². The number of benzene rings is 1. The number of rotatable bonds is 2. The van der Waals surface area contributed by atoms with E-state index in [0.717, 1.165) is 24.5 Å². The van der Waals surface area contributed by atoms with E-state index in [-0.39, 0.29) is 5.41 Å². The fourth-order valence-electron chi connectivity index (χ4n) is 2.75. The fourth-order valence-corrected chi connectivity index (χ4v) is 3.93. The van der Waals surface area contributed by atoms with Crippen LogP contribution in [0.2, 0.25) is 5.02 Å². The first-order valence-corrected chi connectivity index (χ1v) is 8.73. The molecule has 1 fully saturated rings. The lowest BCUT2D eigenvalue weighted by molar-refractivity contribution is 0.233. The average molecular weight is 407 g/mol. The van der Waals surface area contributed by atoms with Gasteiger partial charge in [-0.15, -0.1) is 0 Å². The zero-order chi connectivity index (χ0) is 14.9. The molecule has 0 aliphatic carbocycles. The number of nitrogens with zero attached hydrogens (tertiary/aromatic N) is 1. The summed E-state index contributed by atoms with van der Waals surface area (Å²) in [5.74, 6) is 0. The molecule has 0 saturated carbocycles. The average Bonchev–Trinajstić information content (AvgIpc) is 2.37. The van der Waals surface area contributed by atoms with Crippen molar-refractivity contribution in [1.29, 1.82) is 0 Å². The first-order valence-electron chi connectivity index (χ1n) is 7.28. The van der Waals surface area contributed by atoms with Gasteiger partial charge in [0.15, 0.2) is 0 Å².